The van der Waals surface area contributed by atoms with E-state index in [9.17, 15) is 9.59 Å². The molecule has 3 rings (SSSR count). The van der Waals surface area contributed by atoms with E-state index in [-0.39, 0.29) is 11.3 Å². The third-order valence-corrected chi connectivity index (χ3v) is 5.29. The summed E-state index contributed by atoms with van der Waals surface area (Å²) >= 11 is 13.2. The molecule has 7 heteroatoms. The summed E-state index contributed by atoms with van der Waals surface area (Å²) in [5.41, 5.74) is 1.34. The predicted octanol–water partition coefficient (Wildman–Crippen LogP) is 4.21. The highest BCUT2D eigenvalue weighted by atomic mass is 35.5. The van der Waals surface area contributed by atoms with Crippen LogP contribution >= 0.6 is 34.5 Å². The second kappa shape index (κ2) is 6.43. The van der Waals surface area contributed by atoms with Crippen molar-refractivity contribution in [1.82, 2.24) is 9.55 Å². The Balaban J connectivity index is 1.90. The van der Waals surface area contributed by atoms with Crippen molar-refractivity contribution in [3.63, 3.8) is 0 Å². The zero-order chi connectivity index (χ0) is 16.6. The van der Waals surface area contributed by atoms with Crippen molar-refractivity contribution in [2.75, 3.05) is 0 Å². The van der Waals surface area contributed by atoms with Gasteiger partial charge in [0.1, 0.15) is 4.70 Å². The second-order valence-corrected chi connectivity index (χ2v) is 7.01. The zero-order valence-electron chi connectivity index (χ0n) is 12.2. The summed E-state index contributed by atoms with van der Waals surface area (Å²) < 4.78 is 2.04. The molecule has 3 aromatic rings. The van der Waals surface area contributed by atoms with Crippen LogP contribution < -0.4 is 5.56 Å². The van der Waals surface area contributed by atoms with Crippen molar-refractivity contribution in [2.45, 2.75) is 19.9 Å². The van der Waals surface area contributed by atoms with Crippen LogP contribution in [0.3, 0.4) is 0 Å². The fourth-order valence-corrected chi connectivity index (χ4v) is 3.70. The second-order valence-electron chi connectivity index (χ2n) is 5.11. The number of thiophene rings is 1. The van der Waals surface area contributed by atoms with Gasteiger partial charge in [0, 0.05) is 16.6 Å². The number of fused-ring (bicyclic) bond motifs is 1. The van der Waals surface area contributed by atoms with Crippen molar-refractivity contribution in [3.8, 4) is 0 Å². The summed E-state index contributed by atoms with van der Waals surface area (Å²) in [6.07, 6.45) is 2.10. The lowest BCUT2D eigenvalue weighted by Crippen LogP contribution is -2.20. The molecule has 23 heavy (non-hydrogen) atoms. The molecule has 2 heterocycles. The van der Waals surface area contributed by atoms with Crippen LogP contribution in [-0.2, 0) is 13.0 Å². The molecule has 0 saturated carbocycles. The molecule has 0 amide bonds. The van der Waals surface area contributed by atoms with Crippen LogP contribution in [0.1, 0.15) is 22.2 Å². The van der Waals surface area contributed by atoms with Gasteiger partial charge >= 0.3 is 0 Å². The number of hydrogen-bond donors (Lipinski definition) is 0. The Bertz CT molecular complexity index is 962. The Morgan fingerprint density at radius 1 is 1.30 bits per heavy atom. The number of rotatable bonds is 4. The molecule has 0 N–H and O–H groups in total. The van der Waals surface area contributed by atoms with E-state index < -0.39 is 0 Å². The fourth-order valence-electron chi connectivity index (χ4n) is 2.24. The Hall–Kier alpha value is -1.69. The minimum absolute atomic E-state index is 0.0631. The van der Waals surface area contributed by atoms with E-state index in [1.165, 1.54) is 29.2 Å². The summed E-state index contributed by atoms with van der Waals surface area (Å²) in [4.78, 5) is 28.7. The average Bonchev–Trinajstić information content (AvgIpc) is 2.93. The molecule has 4 nitrogen and oxygen atoms in total. The maximum Gasteiger partial charge on any atom is 0.271 e. The lowest BCUT2D eigenvalue weighted by molar-refractivity contribution is 0.102. The number of Topliss-reactive ketones (excluding diaryl/α,β-unsaturated/α-hetero) is 1. The molecule has 1 aromatic carbocycles. The van der Waals surface area contributed by atoms with E-state index in [0.717, 1.165) is 5.56 Å². The van der Waals surface area contributed by atoms with Gasteiger partial charge in [-0.15, -0.1) is 11.3 Å². The highest BCUT2D eigenvalue weighted by Crippen LogP contribution is 2.23. The van der Waals surface area contributed by atoms with Crippen LogP contribution in [0.5, 0.6) is 0 Å². The van der Waals surface area contributed by atoms with Crippen LogP contribution in [0.15, 0.2) is 35.4 Å². The predicted molar refractivity (Wildman–Crippen MR) is 94.1 cm³/mol. The van der Waals surface area contributed by atoms with Crippen LogP contribution in [0.2, 0.25) is 10.0 Å². The molecule has 0 bridgehead atoms. The monoisotopic (exact) mass is 366 g/mol. The van der Waals surface area contributed by atoms with Gasteiger partial charge in [0.25, 0.3) is 5.56 Å². The lowest BCUT2D eigenvalue weighted by Gasteiger charge is -2.07. The smallest absolute Gasteiger partial charge is 0.271 e. The lowest BCUT2D eigenvalue weighted by atomic mass is 10.1. The van der Waals surface area contributed by atoms with Gasteiger partial charge in [0.05, 0.1) is 16.7 Å². The molecule has 0 fully saturated rings. The van der Waals surface area contributed by atoms with E-state index >= 15 is 0 Å². The van der Waals surface area contributed by atoms with Gasteiger partial charge in [-0.05, 0) is 37.1 Å². The van der Waals surface area contributed by atoms with Gasteiger partial charge < -0.3 is 0 Å². The molecule has 0 atom stereocenters. The minimum atomic E-state index is -0.141. The van der Waals surface area contributed by atoms with Crippen molar-refractivity contribution < 1.29 is 4.79 Å². The number of halogens is 2. The maximum absolute atomic E-state index is 12.5. The molecule has 0 unspecified atom stereocenters. The molecule has 0 spiro atoms. The quantitative estimate of drug-likeness (QED) is 0.649. The SMILES string of the molecule is CC(=O)c1cc2ncn(CCc3ccc(Cl)cc3Cl)c(=O)c2s1. The molecule has 0 aliphatic rings. The van der Waals surface area contributed by atoms with Crippen LogP contribution in [0.4, 0.5) is 0 Å². The number of nitrogens with zero attached hydrogens (tertiary/aromatic N) is 2. The highest BCUT2D eigenvalue weighted by Gasteiger charge is 2.12. The number of benzene rings is 1. The van der Waals surface area contributed by atoms with Gasteiger partial charge in [0.15, 0.2) is 5.78 Å². The summed E-state index contributed by atoms with van der Waals surface area (Å²) in [6, 6.07) is 6.96. The molecule has 0 radical (unpaired) electrons. The van der Waals surface area contributed by atoms with Gasteiger partial charge in [-0.1, -0.05) is 29.3 Å². The number of carbonyl (C=O) groups is 1. The first-order chi connectivity index (χ1) is 11.0. The van der Waals surface area contributed by atoms with Crippen LogP contribution in [0, 0.1) is 0 Å². The van der Waals surface area contributed by atoms with E-state index in [0.29, 0.717) is 38.1 Å². The largest absolute Gasteiger partial charge is 0.298 e. The highest BCUT2D eigenvalue weighted by molar-refractivity contribution is 7.20. The van der Waals surface area contributed by atoms with Crippen molar-refractivity contribution in [2.24, 2.45) is 0 Å². The molecule has 2 aromatic heterocycles. The standard InChI is InChI=1S/C16H12Cl2N2O2S/c1-9(21)14-7-13-15(23-14)16(22)20(8-19-13)5-4-10-2-3-11(17)6-12(10)18/h2-3,6-8H,4-5H2,1H3. The van der Waals surface area contributed by atoms with E-state index in [1.807, 2.05) is 6.07 Å². The van der Waals surface area contributed by atoms with Gasteiger partial charge in [0.2, 0.25) is 0 Å². The number of aryl methyl sites for hydroxylation is 2. The Kier molecular flexibility index (Phi) is 4.53. The third-order valence-electron chi connectivity index (χ3n) is 3.49. The number of aromatic nitrogens is 2. The minimum Gasteiger partial charge on any atom is -0.298 e. The molecule has 118 valence electrons. The topological polar surface area (TPSA) is 52.0 Å². The molecular formula is C16H12Cl2N2O2S. The van der Waals surface area contributed by atoms with Gasteiger partial charge in [-0.2, -0.15) is 0 Å². The fraction of sp³-hybridized carbons (Fsp3) is 0.188. The van der Waals surface area contributed by atoms with Crippen LogP contribution in [0.25, 0.3) is 10.2 Å². The summed E-state index contributed by atoms with van der Waals surface area (Å²) in [6.45, 7) is 1.93. The van der Waals surface area contributed by atoms with E-state index in [4.69, 9.17) is 23.2 Å². The van der Waals surface area contributed by atoms with E-state index in [2.05, 4.69) is 4.98 Å². The average molecular weight is 367 g/mol. The Morgan fingerprint density at radius 3 is 2.78 bits per heavy atom. The number of hydrogen-bond acceptors (Lipinski definition) is 4. The summed E-state index contributed by atoms with van der Waals surface area (Å²) in [5, 5.41) is 1.16. The van der Waals surface area contributed by atoms with Crippen molar-refractivity contribution in [1.29, 1.82) is 0 Å². The Morgan fingerprint density at radius 2 is 2.09 bits per heavy atom. The van der Waals surface area contributed by atoms with Gasteiger partial charge in [-0.3, -0.25) is 14.2 Å². The molecular weight excluding hydrogens is 355 g/mol. The molecule has 0 saturated heterocycles. The zero-order valence-corrected chi connectivity index (χ0v) is 14.5. The van der Waals surface area contributed by atoms with Gasteiger partial charge in [-0.25, -0.2) is 4.98 Å². The first kappa shape index (κ1) is 16.2. The maximum atomic E-state index is 12.5. The summed E-state index contributed by atoms with van der Waals surface area (Å²) in [7, 11) is 0. The van der Waals surface area contributed by atoms with E-state index in [1.54, 1.807) is 18.2 Å². The first-order valence-electron chi connectivity index (χ1n) is 6.89. The third kappa shape index (κ3) is 3.32. The van der Waals surface area contributed by atoms with Crippen molar-refractivity contribution >= 4 is 50.5 Å². The number of carbonyl (C=O) groups excluding carboxylic acids is 1. The Labute approximate surface area is 146 Å². The first-order valence-corrected chi connectivity index (χ1v) is 8.47. The van der Waals surface area contributed by atoms with Crippen molar-refractivity contribution in [3.05, 3.63) is 61.4 Å². The molecule has 0 aliphatic heterocycles. The molecule has 0 aliphatic carbocycles. The normalized spacial score (nSPS) is 11.1. The van der Waals surface area contributed by atoms with Crippen LogP contribution in [-0.4, -0.2) is 15.3 Å². The number of ketones is 1. The summed E-state index contributed by atoms with van der Waals surface area (Å²) in [5.74, 6) is -0.0631.